The highest BCUT2D eigenvalue weighted by Crippen LogP contribution is 1.87. The van der Waals surface area contributed by atoms with Crippen molar-refractivity contribution in [2.75, 3.05) is 0 Å². The first-order valence-electron chi connectivity index (χ1n) is 1.84. The van der Waals surface area contributed by atoms with Crippen molar-refractivity contribution in [1.29, 1.82) is 5.26 Å². The number of rotatable bonds is 1. The molecule has 0 N–H and O–H groups in total. The standard InChI is InChI=1S/C5H6N2/c1-5(7-2)3-4-6/h3H,2H2,1H3/b5-3-. The zero-order valence-corrected chi connectivity index (χ0v) is 4.18. The fourth-order valence-corrected chi connectivity index (χ4v) is 0.139. The molecule has 0 bridgehead atoms. The van der Waals surface area contributed by atoms with Crippen LogP contribution in [0.2, 0.25) is 0 Å². The van der Waals surface area contributed by atoms with E-state index in [9.17, 15) is 0 Å². The van der Waals surface area contributed by atoms with Crippen molar-refractivity contribution in [2.45, 2.75) is 6.92 Å². The van der Waals surface area contributed by atoms with Gasteiger partial charge < -0.3 is 0 Å². The molecule has 0 amide bonds. The maximum Gasteiger partial charge on any atom is 0.0931 e. The van der Waals surface area contributed by atoms with E-state index in [1.54, 1.807) is 6.92 Å². The quantitative estimate of drug-likeness (QED) is 0.354. The Morgan fingerprint density at radius 2 is 2.57 bits per heavy atom. The van der Waals surface area contributed by atoms with Crippen LogP contribution in [0.1, 0.15) is 6.92 Å². The summed E-state index contributed by atoms with van der Waals surface area (Å²) in [5, 5.41) is 7.95. The molecule has 0 atom stereocenters. The van der Waals surface area contributed by atoms with Crippen molar-refractivity contribution in [2.24, 2.45) is 4.99 Å². The molecule has 0 aliphatic rings. The monoisotopic (exact) mass is 94.1 g/mol. The lowest BCUT2D eigenvalue weighted by atomic mass is 10.5. The maximum absolute atomic E-state index is 7.95. The van der Waals surface area contributed by atoms with Crippen LogP contribution in [0.3, 0.4) is 0 Å². The van der Waals surface area contributed by atoms with Crippen molar-refractivity contribution in [3.63, 3.8) is 0 Å². The minimum Gasteiger partial charge on any atom is -0.269 e. The summed E-state index contributed by atoms with van der Waals surface area (Å²) >= 11 is 0. The predicted octanol–water partition coefficient (Wildman–Crippen LogP) is 1.11. The van der Waals surface area contributed by atoms with Crippen molar-refractivity contribution in [3.8, 4) is 6.07 Å². The third-order valence-electron chi connectivity index (χ3n) is 0.523. The smallest absolute Gasteiger partial charge is 0.0931 e. The molecule has 0 aromatic carbocycles. The Kier molecular flexibility index (Phi) is 2.62. The molecule has 0 radical (unpaired) electrons. The molecule has 0 unspecified atom stereocenters. The van der Waals surface area contributed by atoms with E-state index in [0.29, 0.717) is 5.70 Å². The summed E-state index contributed by atoms with van der Waals surface area (Å²) < 4.78 is 0. The van der Waals surface area contributed by atoms with Crippen LogP contribution in [0, 0.1) is 11.3 Å². The first-order chi connectivity index (χ1) is 3.31. The Morgan fingerprint density at radius 1 is 2.00 bits per heavy atom. The van der Waals surface area contributed by atoms with Gasteiger partial charge in [-0.3, -0.25) is 4.99 Å². The van der Waals surface area contributed by atoms with Gasteiger partial charge in [-0.05, 0) is 13.6 Å². The molecule has 2 heteroatoms. The van der Waals surface area contributed by atoms with Crippen molar-refractivity contribution < 1.29 is 0 Å². The molecule has 0 saturated heterocycles. The van der Waals surface area contributed by atoms with E-state index in [2.05, 4.69) is 11.7 Å². The van der Waals surface area contributed by atoms with Gasteiger partial charge in [-0.15, -0.1) is 0 Å². The Labute approximate surface area is 42.8 Å². The fraction of sp³-hybridized carbons (Fsp3) is 0.200. The van der Waals surface area contributed by atoms with Crippen molar-refractivity contribution in [3.05, 3.63) is 11.8 Å². The van der Waals surface area contributed by atoms with E-state index in [1.807, 2.05) is 6.07 Å². The molecule has 36 valence electrons. The molecular formula is C5H6N2. The average Bonchev–Trinajstić information content (AvgIpc) is 1.68. The summed E-state index contributed by atoms with van der Waals surface area (Å²) in [5.74, 6) is 0. The summed E-state index contributed by atoms with van der Waals surface area (Å²) in [6.45, 7) is 4.93. The lowest BCUT2D eigenvalue weighted by molar-refractivity contribution is 1.32. The molecule has 2 nitrogen and oxygen atoms in total. The zero-order valence-electron chi connectivity index (χ0n) is 4.18. The van der Waals surface area contributed by atoms with Gasteiger partial charge in [0.1, 0.15) is 0 Å². The number of nitriles is 1. The van der Waals surface area contributed by atoms with Crippen molar-refractivity contribution in [1.82, 2.24) is 0 Å². The second-order valence-electron chi connectivity index (χ2n) is 1.07. The van der Waals surface area contributed by atoms with Gasteiger partial charge in [0, 0.05) is 11.8 Å². The van der Waals surface area contributed by atoms with Gasteiger partial charge in [-0.1, -0.05) is 0 Å². The lowest BCUT2D eigenvalue weighted by Crippen LogP contribution is -1.60. The van der Waals surface area contributed by atoms with Crippen LogP contribution in [-0.4, -0.2) is 6.72 Å². The number of allylic oxidation sites excluding steroid dienone is 2. The number of nitrogens with zero attached hydrogens (tertiary/aromatic N) is 2. The van der Waals surface area contributed by atoms with Gasteiger partial charge in [-0.25, -0.2) is 0 Å². The van der Waals surface area contributed by atoms with Gasteiger partial charge in [0.05, 0.1) is 6.07 Å². The van der Waals surface area contributed by atoms with E-state index < -0.39 is 0 Å². The normalized spacial score (nSPS) is 10.0. The Balaban J connectivity index is 3.80. The van der Waals surface area contributed by atoms with Crippen LogP contribution in [-0.2, 0) is 0 Å². The summed E-state index contributed by atoms with van der Waals surface area (Å²) in [7, 11) is 0. The molecule has 0 aliphatic carbocycles. The summed E-state index contributed by atoms with van der Waals surface area (Å²) in [6, 6.07) is 1.82. The zero-order chi connectivity index (χ0) is 5.70. The van der Waals surface area contributed by atoms with E-state index >= 15 is 0 Å². The summed E-state index contributed by atoms with van der Waals surface area (Å²) in [5.41, 5.74) is 0.655. The molecule has 0 fully saturated rings. The van der Waals surface area contributed by atoms with Crippen LogP contribution in [0.5, 0.6) is 0 Å². The second-order valence-corrected chi connectivity index (χ2v) is 1.07. The Morgan fingerprint density at radius 3 is 2.71 bits per heavy atom. The van der Waals surface area contributed by atoms with Crippen LogP contribution in [0.25, 0.3) is 0 Å². The minimum absolute atomic E-state index is 0.655. The van der Waals surface area contributed by atoms with E-state index in [4.69, 9.17) is 5.26 Å². The topological polar surface area (TPSA) is 36.1 Å². The van der Waals surface area contributed by atoms with Gasteiger partial charge in [0.15, 0.2) is 0 Å². The van der Waals surface area contributed by atoms with Gasteiger partial charge in [0.2, 0.25) is 0 Å². The lowest BCUT2D eigenvalue weighted by Gasteiger charge is -1.77. The molecule has 0 saturated carbocycles. The van der Waals surface area contributed by atoms with E-state index in [0.717, 1.165) is 0 Å². The van der Waals surface area contributed by atoms with E-state index in [-0.39, 0.29) is 0 Å². The van der Waals surface area contributed by atoms with Crippen molar-refractivity contribution >= 4 is 6.72 Å². The minimum atomic E-state index is 0.655. The summed E-state index contributed by atoms with van der Waals surface area (Å²) in [6.07, 6.45) is 1.34. The summed E-state index contributed by atoms with van der Waals surface area (Å²) in [4.78, 5) is 3.47. The third-order valence-corrected chi connectivity index (χ3v) is 0.523. The van der Waals surface area contributed by atoms with Gasteiger partial charge >= 0.3 is 0 Å². The van der Waals surface area contributed by atoms with E-state index in [1.165, 1.54) is 6.08 Å². The highest BCUT2D eigenvalue weighted by Gasteiger charge is 1.72. The number of hydrogen-bond acceptors (Lipinski definition) is 2. The van der Waals surface area contributed by atoms with Crippen LogP contribution >= 0.6 is 0 Å². The predicted molar refractivity (Wildman–Crippen MR) is 28.9 cm³/mol. The van der Waals surface area contributed by atoms with Crippen LogP contribution in [0.4, 0.5) is 0 Å². The van der Waals surface area contributed by atoms with Gasteiger partial charge in [-0.2, -0.15) is 5.26 Å². The molecule has 0 rings (SSSR count). The Hall–Kier alpha value is -1.10. The number of hydrogen-bond donors (Lipinski definition) is 0. The molecule has 0 spiro atoms. The molecule has 0 aromatic heterocycles. The largest absolute Gasteiger partial charge is 0.269 e. The molecule has 0 aliphatic heterocycles. The average molecular weight is 94.1 g/mol. The first-order valence-corrected chi connectivity index (χ1v) is 1.84. The first kappa shape index (κ1) is 5.90. The van der Waals surface area contributed by atoms with Crippen LogP contribution in [0.15, 0.2) is 16.8 Å². The highest BCUT2D eigenvalue weighted by atomic mass is 14.7. The van der Waals surface area contributed by atoms with Gasteiger partial charge in [0.25, 0.3) is 0 Å². The highest BCUT2D eigenvalue weighted by molar-refractivity contribution is 5.29. The SMILES string of the molecule is C=N/C(C)=C\C#N. The fourth-order valence-electron chi connectivity index (χ4n) is 0.139. The number of aliphatic imine (C=N–C) groups is 1. The molecule has 0 aromatic rings. The van der Waals surface area contributed by atoms with Crippen LogP contribution < -0.4 is 0 Å². The molecular weight excluding hydrogens is 88.1 g/mol. The maximum atomic E-state index is 7.95. The molecule has 0 heterocycles. The molecule has 7 heavy (non-hydrogen) atoms. The third kappa shape index (κ3) is 2.71. The second kappa shape index (κ2) is 3.10. The Bertz CT molecular complexity index is 128.